The molecule has 0 fully saturated rings. The Balaban J connectivity index is 5.89. The molecule has 96 valence electrons. The average molecular weight is 250 g/mol. The van der Waals surface area contributed by atoms with Gasteiger partial charge < -0.3 is 31.5 Å². The summed E-state index contributed by atoms with van der Waals surface area (Å²) in [5.74, 6) is -6.42. The van der Waals surface area contributed by atoms with Gasteiger partial charge in [-0.05, 0) is 6.92 Å². The van der Waals surface area contributed by atoms with E-state index in [9.17, 15) is 19.2 Å². The van der Waals surface area contributed by atoms with Gasteiger partial charge in [0.15, 0.2) is 5.54 Å². The van der Waals surface area contributed by atoms with E-state index in [2.05, 4.69) is 0 Å². The van der Waals surface area contributed by atoms with Gasteiger partial charge in [0.2, 0.25) is 5.54 Å². The lowest BCUT2D eigenvalue weighted by Crippen LogP contribution is -2.77. The zero-order valence-electron chi connectivity index (χ0n) is 8.50. The van der Waals surface area contributed by atoms with Crippen molar-refractivity contribution in [1.29, 1.82) is 0 Å². The minimum atomic E-state index is -3.35. The van der Waals surface area contributed by atoms with Crippen molar-refractivity contribution in [2.75, 3.05) is 0 Å². The fraction of sp³-hybridized carbons (Fsp3) is 0.429. The second-order valence-corrected chi connectivity index (χ2v) is 3.28. The number of nitrogens with one attached hydrogen (secondary N) is 1. The van der Waals surface area contributed by atoms with E-state index >= 15 is 0 Å². The van der Waals surface area contributed by atoms with Gasteiger partial charge in [-0.15, -0.1) is 0 Å². The van der Waals surface area contributed by atoms with E-state index in [1.165, 1.54) is 5.32 Å². The third kappa shape index (κ3) is 2.10. The number of hydrogen-bond acceptors (Lipinski definition) is 5. The zero-order valence-corrected chi connectivity index (χ0v) is 8.50. The second-order valence-electron chi connectivity index (χ2n) is 3.28. The first-order chi connectivity index (χ1) is 7.50. The average Bonchev–Trinajstić information content (AvgIpc) is 2.13. The van der Waals surface area contributed by atoms with Crippen LogP contribution in [-0.4, -0.2) is 55.5 Å². The van der Waals surface area contributed by atoms with Crippen molar-refractivity contribution < 1.29 is 39.6 Å². The molecule has 7 N–H and O–H groups in total. The van der Waals surface area contributed by atoms with Gasteiger partial charge in [-0.2, -0.15) is 0 Å². The molecular weight excluding hydrogens is 240 g/mol. The lowest BCUT2D eigenvalue weighted by molar-refractivity contribution is -0.169. The van der Waals surface area contributed by atoms with Crippen LogP contribution in [0.5, 0.6) is 0 Å². The number of carboxylic acid groups (broad SMARTS) is 4. The summed E-state index contributed by atoms with van der Waals surface area (Å²) >= 11 is 0. The predicted molar refractivity (Wildman–Crippen MR) is 49.4 cm³/mol. The molecule has 0 aromatic carbocycles. The van der Waals surface area contributed by atoms with Gasteiger partial charge in [0, 0.05) is 0 Å². The Morgan fingerprint density at radius 2 is 1.29 bits per heavy atom. The Labute approximate surface area is 93.6 Å². The maximum atomic E-state index is 10.9. The van der Waals surface area contributed by atoms with Crippen LogP contribution in [0.25, 0.3) is 0 Å². The molecule has 1 amide bonds. The molecule has 0 saturated carbocycles. The van der Waals surface area contributed by atoms with E-state index in [4.69, 9.17) is 26.2 Å². The van der Waals surface area contributed by atoms with Gasteiger partial charge >= 0.3 is 24.0 Å². The predicted octanol–water partition coefficient (Wildman–Crippen LogP) is -2.04. The molecule has 1 atom stereocenters. The largest absolute Gasteiger partial charge is 0.479 e. The maximum Gasteiger partial charge on any atom is 0.405 e. The van der Waals surface area contributed by atoms with Gasteiger partial charge in [0.1, 0.15) is 0 Å². The first kappa shape index (κ1) is 14.6. The molecule has 10 heteroatoms. The second kappa shape index (κ2) is 4.25. The molecule has 0 aromatic heterocycles. The first-order valence-corrected chi connectivity index (χ1v) is 4.00. The third-order valence-electron chi connectivity index (χ3n) is 2.25. The molecule has 0 rings (SSSR count). The minimum absolute atomic E-state index is 0.547. The molecule has 0 heterocycles. The molecule has 0 spiro atoms. The summed E-state index contributed by atoms with van der Waals surface area (Å²) in [5, 5.41) is 35.9. The molecule has 0 aromatic rings. The molecule has 0 saturated heterocycles. The SMILES string of the molecule is CC(NC(=O)O)(C(=O)O)C(N)(C(=O)O)C(=O)O. The monoisotopic (exact) mass is 250 g/mol. The van der Waals surface area contributed by atoms with Crippen molar-refractivity contribution >= 4 is 24.0 Å². The van der Waals surface area contributed by atoms with Crippen molar-refractivity contribution in [1.82, 2.24) is 5.32 Å². The van der Waals surface area contributed by atoms with E-state index in [0.717, 1.165) is 0 Å². The van der Waals surface area contributed by atoms with Gasteiger partial charge in [-0.1, -0.05) is 0 Å². The third-order valence-corrected chi connectivity index (χ3v) is 2.25. The van der Waals surface area contributed by atoms with Gasteiger partial charge in [0.25, 0.3) is 0 Å². The number of rotatable bonds is 5. The van der Waals surface area contributed by atoms with Crippen LogP contribution in [0.4, 0.5) is 4.79 Å². The van der Waals surface area contributed by atoms with E-state index in [0.29, 0.717) is 6.92 Å². The van der Waals surface area contributed by atoms with E-state index in [-0.39, 0.29) is 0 Å². The van der Waals surface area contributed by atoms with Crippen LogP contribution in [0.2, 0.25) is 0 Å². The highest BCUT2D eigenvalue weighted by atomic mass is 16.4. The zero-order chi connectivity index (χ0) is 14.0. The summed E-state index contributed by atoms with van der Waals surface area (Å²) in [6, 6.07) is 0. The molecule has 0 aliphatic heterocycles. The molecule has 1 unspecified atom stereocenters. The van der Waals surface area contributed by atoms with Crippen LogP contribution in [0.3, 0.4) is 0 Å². The van der Waals surface area contributed by atoms with Crippen LogP contribution >= 0.6 is 0 Å². The fourth-order valence-electron chi connectivity index (χ4n) is 1.05. The molecule has 0 radical (unpaired) electrons. The van der Waals surface area contributed by atoms with Crippen LogP contribution in [0.1, 0.15) is 6.92 Å². The Kier molecular flexibility index (Phi) is 3.66. The molecule has 0 aliphatic carbocycles. The fourth-order valence-corrected chi connectivity index (χ4v) is 1.05. The Hall–Kier alpha value is -2.36. The maximum absolute atomic E-state index is 10.9. The minimum Gasteiger partial charge on any atom is -0.479 e. The molecule has 0 bridgehead atoms. The van der Waals surface area contributed by atoms with Crippen LogP contribution in [-0.2, 0) is 14.4 Å². The smallest absolute Gasteiger partial charge is 0.405 e. The van der Waals surface area contributed by atoms with Gasteiger partial charge in [-0.3, -0.25) is 0 Å². The van der Waals surface area contributed by atoms with Crippen LogP contribution in [0.15, 0.2) is 0 Å². The van der Waals surface area contributed by atoms with Crippen molar-refractivity contribution in [3.8, 4) is 0 Å². The highest BCUT2D eigenvalue weighted by molar-refractivity contribution is 6.10. The summed E-state index contributed by atoms with van der Waals surface area (Å²) in [7, 11) is 0. The summed E-state index contributed by atoms with van der Waals surface area (Å²) in [6.45, 7) is 0.547. The summed E-state index contributed by atoms with van der Waals surface area (Å²) in [5.41, 5.74) is -1.28. The molecular formula is C7H10N2O8. The van der Waals surface area contributed by atoms with Crippen molar-refractivity contribution in [2.24, 2.45) is 5.73 Å². The molecule has 10 nitrogen and oxygen atoms in total. The molecule has 0 aliphatic rings. The number of nitrogens with two attached hydrogens (primary N) is 1. The lowest BCUT2D eigenvalue weighted by Gasteiger charge is -2.35. The van der Waals surface area contributed by atoms with E-state index < -0.39 is 35.1 Å². The van der Waals surface area contributed by atoms with Crippen molar-refractivity contribution in [3.63, 3.8) is 0 Å². The highest BCUT2D eigenvalue weighted by Crippen LogP contribution is 2.21. The summed E-state index contributed by atoms with van der Waals surface area (Å²) < 4.78 is 0. The van der Waals surface area contributed by atoms with E-state index in [1.54, 1.807) is 0 Å². The summed E-state index contributed by atoms with van der Waals surface area (Å²) in [6.07, 6.45) is -1.92. The van der Waals surface area contributed by atoms with Gasteiger partial charge in [-0.25, -0.2) is 19.2 Å². The topological polar surface area (TPSA) is 187 Å². The lowest BCUT2D eigenvalue weighted by atomic mass is 9.78. The first-order valence-electron chi connectivity index (χ1n) is 4.00. The standard InChI is InChI=1S/C7H10N2O8/c1-6(2(10)11,9-5(16)17)7(8,3(12)13)4(14)15/h9H,8H2,1H3,(H,10,11)(H,12,13)(H,14,15)(H,16,17). The Morgan fingerprint density at radius 3 is 1.47 bits per heavy atom. The Bertz CT molecular complexity index is 377. The molecule has 17 heavy (non-hydrogen) atoms. The number of amides is 1. The normalized spacial score (nSPS) is 14.5. The Morgan fingerprint density at radius 1 is 0.941 bits per heavy atom. The number of carbonyl (C=O) groups is 4. The number of hydrogen-bond donors (Lipinski definition) is 6. The van der Waals surface area contributed by atoms with E-state index in [1.807, 2.05) is 0 Å². The van der Waals surface area contributed by atoms with Crippen LogP contribution in [0, 0.1) is 0 Å². The number of aliphatic carboxylic acids is 3. The van der Waals surface area contributed by atoms with Gasteiger partial charge in [0.05, 0.1) is 0 Å². The van der Waals surface area contributed by atoms with Crippen molar-refractivity contribution in [2.45, 2.75) is 18.0 Å². The quantitative estimate of drug-likeness (QED) is 0.299. The van der Waals surface area contributed by atoms with Crippen molar-refractivity contribution in [3.05, 3.63) is 0 Å². The highest BCUT2D eigenvalue weighted by Gasteiger charge is 2.63. The number of carboxylic acids is 3. The van der Waals surface area contributed by atoms with Crippen LogP contribution < -0.4 is 11.1 Å². The summed E-state index contributed by atoms with van der Waals surface area (Å²) in [4.78, 5) is 42.9.